The van der Waals surface area contributed by atoms with E-state index in [-0.39, 0.29) is 45.1 Å². The Labute approximate surface area is 209 Å². The van der Waals surface area contributed by atoms with Crippen LogP contribution in [0.4, 0.5) is 0 Å². The smallest absolute Gasteiger partial charge is 0.311 e. The van der Waals surface area contributed by atoms with Crippen LogP contribution in [0.2, 0.25) is 0 Å². The molecule has 0 aromatic heterocycles. The molecular weight excluding hydrogens is 440 g/mol. The molecule has 5 aliphatic rings. The number of ketones is 1. The minimum atomic E-state index is -0.549. The van der Waals surface area contributed by atoms with Crippen molar-refractivity contribution < 1.29 is 24.5 Å². The minimum Gasteiger partial charge on any atom is -0.504 e. The van der Waals surface area contributed by atoms with Crippen molar-refractivity contribution in [3.8, 4) is 0 Å². The Balaban J connectivity index is 1.66. The molecule has 0 bridgehead atoms. The van der Waals surface area contributed by atoms with E-state index < -0.39 is 11.5 Å². The summed E-state index contributed by atoms with van der Waals surface area (Å²) in [6.07, 6.45) is 10.1. The number of hydrogen-bond acceptors (Lipinski definition) is 5. The number of hydrogen-bond donors (Lipinski definition) is 2. The van der Waals surface area contributed by atoms with Gasteiger partial charge in [0.05, 0.1) is 18.6 Å². The highest BCUT2D eigenvalue weighted by Gasteiger charge is 2.69. The Morgan fingerprint density at radius 1 is 1.03 bits per heavy atom. The minimum absolute atomic E-state index is 0.125. The normalized spacial score (nSPS) is 46.9. The number of aliphatic hydroxyl groups excluding tert-OH is 2. The highest BCUT2D eigenvalue weighted by Crippen LogP contribution is 2.75. The summed E-state index contributed by atoms with van der Waals surface area (Å²) in [6.45, 7) is 13.0. The molecule has 0 spiro atoms. The number of fused-ring (bicyclic) bond motifs is 7. The van der Waals surface area contributed by atoms with Gasteiger partial charge in [0.1, 0.15) is 0 Å². The zero-order valence-corrected chi connectivity index (χ0v) is 22.2. The second-order valence-corrected chi connectivity index (χ2v) is 13.2. The van der Waals surface area contributed by atoms with Gasteiger partial charge in [0.25, 0.3) is 0 Å². The van der Waals surface area contributed by atoms with Crippen LogP contribution in [0.25, 0.3) is 0 Å². The molecule has 0 radical (unpaired) electrons. The SMILES string of the molecule is COC(=O)[C@]1(C)CC[C@]2(C)C(O)C[C@]3(C)C4=CC=C5C(=CC(=O)C(O)=C5C)[C@]4(C)CC[C@@]3(C)[C@@H]2C1. The van der Waals surface area contributed by atoms with Crippen LogP contribution in [0, 0.1) is 33.0 Å². The molecule has 5 heteroatoms. The van der Waals surface area contributed by atoms with E-state index >= 15 is 0 Å². The highest BCUT2D eigenvalue weighted by molar-refractivity contribution is 6.06. The van der Waals surface area contributed by atoms with Crippen LogP contribution in [-0.4, -0.2) is 35.2 Å². The summed E-state index contributed by atoms with van der Waals surface area (Å²) >= 11 is 0. The first-order chi connectivity index (χ1) is 16.2. The van der Waals surface area contributed by atoms with Crippen LogP contribution in [0.15, 0.2) is 46.3 Å². The number of rotatable bonds is 1. The molecule has 3 fully saturated rings. The van der Waals surface area contributed by atoms with Crippen molar-refractivity contribution in [1.82, 2.24) is 0 Å². The van der Waals surface area contributed by atoms with E-state index in [1.165, 1.54) is 12.7 Å². The molecule has 5 nitrogen and oxygen atoms in total. The molecule has 2 N–H and O–H groups in total. The summed E-state index contributed by atoms with van der Waals surface area (Å²) in [5, 5.41) is 22.0. The van der Waals surface area contributed by atoms with Gasteiger partial charge in [0.2, 0.25) is 5.78 Å². The molecule has 5 aliphatic carbocycles. The Morgan fingerprint density at radius 3 is 2.37 bits per heavy atom. The first-order valence-corrected chi connectivity index (χ1v) is 13.0. The van der Waals surface area contributed by atoms with Crippen LogP contribution in [0.1, 0.15) is 80.1 Å². The zero-order chi connectivity index (χ0) is 25.8. The number of aliphatic hydroxyl groups is 2. The summed E-state index contributed by atoms with van der Waals surface area (Å²) in [5.41, 5.74) is 2.26. The van der Waals surface area contributed by atoms with Crippen molar-refractivity contribution >= 4 is 11.8 Å². The fourth-order valence-corrected chi connectivity index (χ4v) is 8.92. The molecule has 1 unspecified atom stereocenters. The number of esters is 1. The number of methoxy groups -OCH3 is 1. The summed E-state index contributed by atoms with van der Waals surface area (Å²) in [6, 6.07) is 0. The van der Waals surface area contributed by atoms with E-state index in [0.29, 0.717) is 18.4 Å². The summed E-state index contributed by atoms with van der Waals surface area (Å²) in [4.78, 5) is 25.5. The van der Waals surface area contributed by atoms with Crippen molar-refractivity contribution in [2.24, 2.45) is 33.0 Å². The third-order valence-electron chi connectivity index (χ3n) is 11.6. The molecular formula is C30H40O5. The number of allylic oxidation sites excluding steroid dienone is 7. The predicted octanol–water partition coefficient (Wildman–Crippen LogP) is 5.76. The van der Waals surface area contributed by atoms with E-state index in [2.05, 4.69) is 39.8 Å². The van der Waals surface area contributed by atoms with Gasteiger partial charge in [-0.1, -0.05) is 45.4 Å². The topological polar surface area (TPSA) is 83.8 Å². The molecule has 0 heterocycles. The van der Waals surface area contributed by atoms with Gasteiger partial charge >= 0.3 is 5.97 Å². The summed E-state index contributed by atoms with van der Waals surface area (Å²) < 4.78 is 5.23. The van der Waals surface area contributed by atoms with Crippen molar-refractivity contribution in [1.29, 1.82) is 0 Å². The van der Waals surface area contributed by atoms with E-state index in [1.807, 2.05) is 13.8 Å². The Hall–Kier alpha value is -2.14. The van der Waals surface area contributed by atoms with E-state index in [0.717, 1.165) is 36.8 Å². The molecule has 0 aromatic rings. The van der Waals surface area contributed by atoms with Gasteiger partial charge in [0.15, 0.2) is 5.76 Å². The number of ether oxygens (including phenoxy) is 1. The first-order valence-electron chi connectivity index (χ1n) is 13.0. The standard InChI is InChI=1S/C30H40O5/c1-17-18-8-9-21-27(3,19(18)14-20(31)24(17)33)12-13-29(5)22-15-26(2,25(34)35-7)10-11-28(22,4)23(32)16-30(21,29)6/h8-9,14,22-23,32-33H,10-13,15-16H2,1-7H3/t22-,23?,26-,27+,28+,29+,30-/m1/s1. The van der Waals surface area contributed by atoms with Gasteiger partial charge in [-0.2, -0.15) is 0 Å². The van der Waals surface area contributed by atoms with E-state index in [9.17, 15) is 19.8 Å². The number of carbonyl (C=O) groups excluding carboxylic acids is 2. The third kappa shape index (κ3) is 2.85. The van der Waals surface area contributed by atoms with Gasteiger partial charge < -0.3 is 14.9 Å². The quantitative estimate of drug-likeness (QED) is 0.467. The van der Waals surface area contributed by atoms with E-state index in [1.54, 1.807) is 6.08 Å². The average molecular weight is 481 g/mol. The predicted molar refractivity (Wildman–Crippen MR) is 134 cm³/mol. The largest absolute Gasteiger partial charge is 0.504 e. The van der Waals surface area contributed by atoms with Crippen LogP contribution in [0.5, 0.6) is 0 Å². The van der Waals surface area contributed by atoms with Gasteiger partial charge in [-0.3, -0.25) is 9.59 Å². The Morgan fingerprint density at radius 2 is 1.71 bits per heavy atom. The molecule has 7 atom stereocenters. The first kappa shape index (κ1) is 24.5. The third-order valence-corrected chi connectivity index (χ3v) is 11.6. The van der Waals surface area contributed by atoms with Crippen molar-refractivity contribution in [2.45, 2.75) is 86.2 Å². The number of carbonyl (C=O) groups is 2. The second kappa shape index (κ2) is 7.21. The maximum absolute atomic E-state index is 12.8. The molecule has 0 amide bonds. The summed E-state index contributed by atoms with van der Waals surface area (Å²) in [5.74, 6) is -0.485. The highest BCUT2D eigenvalue weighted by atomic mass is 16.5. The fraction of sp³-hybridized carbons (Fsp3) is 0.667. The molecule has 0 saturated heterocycles. The average Bonchev–Trinajstić information content (AvgIpc) is 2.81. The maximum atomic E-state index is 12.8. The van der Waals surface area contributed by atoms with Crippen molar-refractivity contribution in [3.63, 3.8) is 0 Å². The lowest BCUT2D eigenvalue weighted by molar-refractivity contribution is -0.215. The molecule has 0 aromatic carbocycles. The van der Waals surface area contributed by atoms with Crippen LogP contribution >= 0.6 is 0 Å². The lowest BCUT2D eigenvalue weighted by Gasteiger charge is -2.71. The lowest BCUT2D eigenvalue weighted by atomic mass is 9.34. The Kier molecular flexibility index (Phi) is 5.06. The lowest BCUT2D eigenvalue weighted by Crippen LogP contribution is -2.66. The van der Waals surface area contributed by atoms with Gasteiger partial charge in [-0.15, -0.1) is 0 Å². The van der Waals surface area contributed by atoms with Gasteiger partial charge in [-0.05, 0) is 91.8 Å². The molecule has 3 saturated carbocycles. The van der Waals surface area contributed by atoms with Crippen LogP contribution < -0.4 is 0 Å². The monoisotopic (exact) mass is 480 g/mol. The molecule has 35 heavy (non-hydrogen) atoms. The van der Waals surface area contributed by atoms with Gasteiger partial charge in [0, 0.05) is 11.0 Å². The molecule has 0 aliphatic heterocycles. The zero-order valence-electron chi connectivity index (χ0n) is 22.2. The molecule has 5 rings (SSSR count). The Bertz CT molecular complexity index is 1160. The van der Waals surface area contributed by atoms with Gasteiger partial charge in [-0.25, -0.2) is 0 Å². The van der Waals surface area contributed by atoms with Crippen LogP contribution in [0.3, 0.4) is 0 Å². The van der Waals surface area contributed by atoms with Crippen LogP contribution in [-0.2, 0) is 14.3 Å². The summed E-state index contributed by atoms with van der Waals surface area (Å²) in [7, 11) is 1.47. The second-order valence-electron chi connectivity index (χ2n) is 13.2. The fourth-order valence-electron chi connectivity index (χ4n) is 8.92. The van der Waals surface area contributed by atoms with Crippen molar-refractivity contribution in [2.75, 3.05) is 7.11 Å². The van der Waals surface area contributed by atoms with E-state index in [4.69, 9.17) is 4.74 Å². The van der Waals surface area contributed by atoms with Crippen molar-refractivity contribution in [3.05, 3.63) is 46.3 Å². The molecule has 190 valence electrons. The maximum Gasteiger partial charge on any atom is 0.311 e.